The van der Waals surface area contributed by atoms with Crippen LogP contribution in [-0.4, -0.2) is 33.2 Å². The van der Waals surface area contributed by atoms with Gasteiger partial charge in [-0.05, 0) is 32.9 Å². The van der Waals surface area contributed by atoms with E-state index in [1.165, 1.54) is 6.92 Å². The van der Waals surface area contributed by atoms with E-state index in [0.29, 0.717) is 19.0 Å². The van der Waals surface area contributed by atoms with Crippen molar-refractivity contribution in [2.45, 2.75) is 39.3 Å². The molecule has 5 heteroatoms. The topological polar surface area (TPSA) is 67.2 Å². The summed E-state index contributed by atoms with van der Waals surface area (Å²) >= 11 is 0. The fourth-order valence-corrected chi connectivity index (χ4v) is 2.29. The van der Waals surface area contributed by atoms with Crippen molar-refractivity contribution in [3.8, 4) is 0 Å². The average Bonchev–Trinajstić information content (AvgIpc) is 2.76. The first-order chi connectivity index (χ1) is 9.50. The van der Waals surface area contributed by atoms with Gasteiger partial charge < -0.3 is 15.0 Å². The third-order valence-electron chi connectivity index (χ3n) is 3.21. The Morgan fingerprint density at radius 3 is 2.70 bits per heavy atom. The second-order valence-electron chi connectivity index (χ2n) is 5.20. The highest BCUT2D eigenvalue weighted by Crippen LogP contribution is 2.20. The molecule has 1 atom stereocenters. The van der Waals surface area contributed by atoms with E-state index in [-0.39, 0.29) is 5.91 Å². The fourth-order valence-electron chi connectivity index (χ4n) is 2.29. The highest BCUT2D eigenvalue weighted by atomic mass is 16.3. The van der Waals surface area contributed by atoms with Crippen LogP contribution in [0.5, 0.6) is 0 Å². The van der Waals surface area contributed by atoms with Crippen molar-refractivity contribution >= 4 is 16.9 Å². The standard InChI is InChI=1S/C15H21N3O2/c1-10(2)18-13-7-5-4-6-12(13)17-14(18)8-9-16-15(20)11(3)19/h4-7,10-11,19H,8-9H2,1-3H3,(H,16,20). The van der Waals surface area contributed by atoms with Gasteiger partial charge >= 0.3 is 0 Å². The van der Waals surface area contributed by atoms with Crippen molar-refractivity contribution in [1.29, 1.82) is 0 Å². The van der Waals surface area contributed by atoms with Gasteiger partial charge in [-0.25, -0.2) is 4.98 Å². The Bertz CT molecular complexity index is 602. The highest BCUT2D eigenvalue weighted by molar-refractivity contribution is 5.80. The second kappa shape index (κ2) is 6.05. The van der Waals surface area contributed by atoms with Crippen LogP contribution < -0.4 is 5.32 Å². The molecule has 0 aliphatic carbocycles. The number of nitrogens with one attached hydrogen (secondary N) is 1. The van der Waals surface area contributed by atoms with E-state index in [2.05, 4.69) is 34.8 Å². The summed E-state index contributed by atoms with van der Waals surface area (Å²) in [6.07, 6.45) is -0.329. The number of aliphatic hydroxyl groups is 1. The Hall–Kier alpha value is -1.88. The molecule has 1 unspecified atom stereocenters. The smallest absolute Gasteiger partial charge is 0.248 e. The van der Waals surface area contributed by atoms with Crippen molar-refractivity contribution < 1.29 is 9.90 Å². The molecule has 0 aliphatic heterocycles. The van der Waals surface area contributed by atoms with Gasteiger partial charge in [0.05, 0.1) is 11.0 Å². The van der Waals surface area contributed by atoms with Crippen LogP contribution in [0, 0.1) is 0 Å². The zero-order valence-corrected chi connectivity index (χ0v) is 12.1. The van der Waals surface area contributed by atoms with Crippen LogP contribution in [0.3, 0.4) is 0 Å². The van der Waals surface area contributed by atoms with Crippen molar-refractivity contribution in [2.24, 2.45) is 0 Å². The van der Waals surface area contributed by atoms with Gasteiger partial charge in [0, 0.05) is 19.0 Å². The van der Waals surface area contributed by atoms with Gasteiger partial charge in [-0.3, -0.25) is 4.79 Å². The molecule has 5 nitrogen and oxygen atoms in total. The SMILES string of the molecule is CC(O)C(=O)NCCc1nc2ccccc2n1C(C)C. The highest BCUT2D eigenvalue weighted by Gasteiger charge is 2.13. The average molecular weight is 275 g/mol. The Morgan fingerprint density at radius 1 is 1.35 bits per heavy atom. The second-order valence-corrected chi connectivity index (χ2v) is 5.20. The lowest BCUT2D eigenvalue weighted by molar-refractivity contribution is -0.128. The Labute approximate surface area is 118 Å². The molecule has 0 bridgehead atoms. The van der Waals surface area contributed by atoms with Gasteiger partial charge in [0.2, 0.25) is 5.91 Å². The van der Waals surface area contributed by atoms with Crippen molar-refractivity contribution in [3.05, 3.63) is 30.1 Å². The molecule has 0 aliphatic rings. The predicted octanol–water partition coefficient (Wildman–Crippen LogP) is 1.66. The van der Waals surface area contributed by atoms with Crippen LogP contribution in [0.1, 0.15) is 32.6 Å². The van der Waals surface area contributed by atoms with Crippen LogP contribution in [0.2, 0.25) is 0 Å². The molecule has 2 N–H and O–H groups in total. The number of carbonyl (C=O) groups is 1. The molecule has 0 fully saturated rings. The zero-order valence-electron chi connectivity index (χ0n) is 12.1. The number of aromatic nitrogens is 2. The molecule has 0 saturated heterocycles. The first kappa shape index (κ1) is 14.5. The first-order valence-electron chi connectivity index (χ1n) is 6.92. The summed E-state index contributed by atoms with van der Waals surface area (Å²) in [6.45, 7) is 6.16. The lowest BCUT2D eigenvalue weighted by Crippen LogP contribution is -2.34. The van der Waals surface area contributed by atoms with E-state index in [1.54, 1.807) is 0 Å². The molecule has 1 aromatic heterocycles. The molecule has 1 amide bonds. The largest absolute Gasteiger partial charge is 0.384 e. The fraction of sp³-hybridized carbons (Fsp3) is 0.467. The number of fused-ring (bicyclic) bond motifs is 1. The molecular formula is C15H21N3O2. The number of para-hydroxylation sites is 2. The number of aliphatic hydroxyl groups excluding tert-OH is 1. The van der Waals surface area contributed by atoms with Crippen LogP contribution in [0.15, 0.2) is 24.3 Å². The number of hydrogen-bond acceptors (Lipinski definition) is 3. The monoisotopic (exact) mass is 275 g/mol. The summed E-state index contributed by atoms with van der Waals surface area (Å²) in [6, 6.07) is 8.33. The number of amides is 1. The lowest BCUT2D eigenvalue weighted by atomic mass is 10.3. The molecule has 0 saturated carbocycles. The maximum absolute atomic E-state index is 11.3. The minimum absolute atomic E-state index is 0.310. The molecule has 2 rings (SSSR count). The predicted molar refractivity (Wildman–Crippen MR) is 78.5 cm³/mol. The summed E-state index contributed by atoms with van der Waals surface area (Å²) in [5.41, 5.74) is 2.08. The van der Waals surface area contributed by atoms with E-state index in [4.69, 9.17) is 5.11 Å². The number of rotatable bonds is 5. The van der Waals surface area contributed by atoms with E-state index < -0.39 is 6.10 Å². The van der Waals surface area contributed by atoms with E-state index in [1.807, 2.05) is 18.2 Å². The first-order valence-corrected chi connectivity index (χ1v) is 6.92. The number of imidazole rings is 1. The van der Waals surface area contributed by atoms with Gasteiger partial charge in [-0.1, -0.05) is 12.1 Å². The molecule has 0 radical (unpaired) electrons. The normalized spacial score (nSPS) is 12.8. The Balaban J connectivity index is 2.17. The number of hydrogen-bond donors (Lipinski definition) is 2. The summed E-state index contributed by atoms with van der Waals surface area (Å²) in [7, 11) is 0. The number of nitrogens with zero attached hydrogens (tertiary/aromatic N) is 2. The summed E-state index contributed by atoms with van der Waals surface area (Å²) in [5, 5.41) is 11.8. The van der Waals surface area contributed by atoms with Gasteiger partial charge in [0.1, 0.15) is 11.9 Å². The lowest BCUT2D eigenvalue weighted by Gasteiger charge is -2.13. The molecule has 1 aromatic carbocycles. The van der Waals surface area contributed by atoms with Gasteiger partial charge in [0.15, 0.2) is 0 Å². The maximum atomic E-state index is 11.3. The minimum atomic E-state index is -0.973. The summed E-state index contributed by atoms with van der Waals surface area (Å²) < 4.78 is 2.18. The number of benzene rings is 1. The zero-order chi connectivity index (χ0) is 14.7. The minimum Gasteiger partial charge on any atom is -0.384 e. The van der Waals surface area contributed by atoms with E-state index in [9.17, 15) is 4.79 Å². The van der Waals surface area contributed by atoms with Gasteiger partial charge in [-0.15, -0.1) is 0 Å². The van der Waals surface area contributed by atoms with Crippen LogP contribution in [-0.2, 0) is 11.2 Å². The Kier molecular flexibility index (Phi) is 4.39. The Morgan fingerprint density at radius 2 is 2.05 bits per heavy atom. The van der Waals surface area contributed by atoms with Crippen molar-refractivity contribution in [1.82, 2.24) is 14.9 Å². The van der Waals surface area contributed by atoms with Crippen LogP contribution >= 0.6 is 0 Å². The van der Waals surface area contributed by atoms with Crippen molar-refractivity contribution in [3.63, 3.8) is 0 Å². The van der Waals surface area contributed by atoms with Crippen LogP contribution in [0.4, 0.5) is 0 Å². The third kappa shape index (κ3) is 2.99. The quantitative estimate of drug-likeness (QED) is 0.872. The summed E-state index contributed by atoms with van der Waals surface area (Å²) in [5.74, 6) is 0.601. The maximum Gasteiger partial charge on any atom is 0.248 e. The van der Waals surface area contributed by atoms with E-state index >= 15 is 0 Å². The summed E-state index contributed by atoms with van der Waals surface area (Å²) in [4.78, 5) is 16.0. The molecule has 108 valence electrons. The number of carbonyl (C=O) groups excluding carboxylic acids is 1. The van der Waals surface area contributed by atoms with Crippen LogP contribution in [0.25, 0.3) is 11.0 Å². The van der Waals surface area contributed by atoms with Crippen molar-refractivity contribution in [2.75, 3.05) is 6.54 Å². The molecule has 2 aromatic rings. The molecule has 0 spiro atoms. The molecule has 1 heterocycles. The van der Waals surface area contributed by atoms with E-state index in [0.717, 1.165) is 16.9 Å². The van der Waals surface area contributed by atoms with Gasteiger partial charge in [0.25, 0.3) is 0 Å². The van der Waals surface area contributed by atoms with Gasteiger partial charge in [-0.2, -0.15) is 0 Å². The third-order valence-corrected chi connectivity index (χ3v) is 3.21. The molecule has 20 heavy (non-hydrogen) atoms. The molecular weight excluding hydrogens is 254 g/mol.